The minimum absolute atomic E-state index is 0.239. The lowest BCUT2D eigenvalue weighted by molar-refractivity contribution is -0.140. The number of ether oxygens (including phenoxy) is 1. The Hall–Kier alpha value is -3.85. The summed E-state index contributed by atoms with van der Waals surface area (Å²) in [4.78, 5) is 13.2. The number of hydrogen-bond donors (Lipinski definition) is 0. The van der Waals surface area contributed by atoms with E-state index in [0.717, 1.165) is 40.2 Å². The Morgan fingerprint density at radius 1 is 0.636 bits per heavy atom. The van der Waals surface area contributed by atoms with Crippen molar-refractivity contribution in [1.82, 2.24) is 0 Å². The minimum atomic E-state index is -0.239. The number of benzene rings is 4. The molecule has 0 heterocycles. The molecule has 0 bridgehead atoms. The molecule has 3 heteroatoms. The van der Waals surface area contributed by atoms with Gasteiger partial charge in [-0.2, -0.15) is 0 Å². The fraction of sp³-hybridized carbons (Fsp3) is 0.167. The van der Waals surface area contributed by atoms with E-state index in [1.54, 1.807) is 0 Å². The van der Waals surface area contributed by atoms with Crippen LogP contribution < -0.4 is 4.90 Å². The Bertz CT molecular complexity index is 1150. The number of esters is 1. The van der Waals surface area contributed by atoms with E-state index in [4.69, 9.17) is 4.74 Å². The fourth-order valence-corrected chi connectivity index (χ4v) is 3.81. The Morgan fingerprint density at radius 3 is 1.45 bits per heavy atom. The average molecular weight is 436 g/mol. The molecule has 0 radical (unpaired) electrons. The lowest BCUT2D eigenvalue weighted by atomic mass is 10.0. The molecule has 0 atom stereocenters. The molecule has 0 unspecified atom stereocenters. The molecule has 0 spiro atoms. The third-order valence-electron chi connectivity index (χ3n) is 5.69. The van der Waals surface area contributed by atoms with Crippen LogP contribution in [-0.2, 0) is 16.0 Å². The highest BCUT2D eigenvalue weighted by atomic mass is 16.5. The number of hydrogen-bond acceptors (Lipinski definition) is 3. The van der Waals surface area contributed by atoms with Crippen molar-refractivity contribution in [2.45, 2.75) is 27.2 Å². The molecule has 33 heavy (non-hydrogen) atoms. The topological polar surface area (TPSA) is 29.5 Å². The van der Waals surface area contributed by atoms with Crippen LogP contribution in [0.4, 0.5) is 17.1 Å². The van der Waals surface area contributed by atoms with Crippen LogP contribution in [0.1, 0.15) is 23.6 Å². The van der Waals surface area contributed by atoms with E-state index in [1.165, 1.54) is 18.1 Å². The minimum Gasteiger partial charge on any atom is -0.466 e. The Morgan fingerprint density at radius 2 is 1.03 bits per heavy atom. The molecule has 0 saturated heterocycles. The smallest absolute Gasteiger partial charge is 0.302 e. The highest BCUT2D eigenvalue weighted by molar-refractivity contribution is 5.78. The van der Waals surface area contributed by atoms with Crippen LogP contribution in [0.5, 0.6) is 0 Å². The molecule has 4 rings (SSSR count). The average Bonchev–Trinajstić information content (AvgIpc) is 2.82. The van der Waals surface area contributed by atoms with Gasteiger partial charge in [-0.3, -0.25) is 4.79 Å². The summed E-state index contributed by atoms with van der Waals surface area (Å²) in [6, 6.07) is 34.3. The van der Waals surface area contributed by atoms with E-state index in [2.05, 4.69) is 116 Å². The zero-order valence-electron chi connectivity index (χ0n) is 19.4. The number of nitrogens with zero attached hydrogens (tertiary/aromatic N) is 1. The number of aryl methyl sites for hydroxylation is 2. The van der Waals surface area contributed by atoms with Crippen molar-refractivity contribution in [3.8, 4) is 11.1 Å². The van der Waals surface area contributed by atoms with Crippen molar-refractivity contribution in [1.29, 1.82) is 0 Å². The van der Waals surface area contributed by atoms with Gasteiger partial charge in [0.05, 0.1) is 6.61 Å². The number of anilines is 3. The first-order chi connectivity index (χ1) is 16.0. The van der Waals surface area contributed by atoms with Crippen LogP contribution in [0.25, 0.3) is 11.1 Å². The molecule has 4 aromatic carbocycles. The van der Waals surface area contributed by atoms with Crippen molar-refractivity contribution in [3.05, 3.63) is 114 Å². The third-order valence-corrected chi connectivity index (χ3v) is 5.69. The first kappa shape index (κ1) is 22.3. The maximum atomic E-state index is 10.9. The van der Waals surface area contributed by atoms with Gasteiger partial charge in [0.2, 0.25) is 0 Å². The van der Waals surface area contributed by atoms with Crippen molar-refractivity contribution in [2.75, 3.05) is 11.5 Å². The SMILES string of the molecule is CC(=O)OCCc1ccc(-c2ccc(N(c3ccc(C)cc3)c3ccc(C)cc3)cc2)cc1. The van der Waals surface area contributed by atoms with Gasteiger partial charge in [-0.25, -0.2) is 0 Å². The summed E-state index contributed by atoms with van der Waals surface area (Å²) in [7, 11) is 0. The predicted octanol–water partition coefficient (Wildman–Crippen LogP) is 7.55. The molecular weight excluding hydrogens is 406 g/mol. The Kier molecular flexibility index (Phi) is 6.89. The monoisotopic (exact) mass is 435 g/mol. The molecule has 3 nitrogen and oxygen atoms in total. The van der Waals surface area contributed by atoms with E-state index in [-0.39, 0.29) is 5.97 Å². The zero-order valence-corrected chi connectivity index (χ0v) is 19.4. The highest BCUT2D eigenvalue weighted by Crippen LogP contribution is 2.35. The molecule has 0 aliphatic carbocycles. The second-order valence-corrected chi connectivity index (χ2v) is 8.34. The number of carbonyl (C=O) groups excluding carboxylic acids is 1. The number of rotatable bonds is 7. The molecule has 166 valence electrons. The van der Waals surface area contributed by atoms with Gasteiger partial charge in [0.25, 0.3) is 0 Å². The molecular formula is C30H29NO2. The maximum Gasteiger partial charge on any atom is 0.302 e. The van der Waals surface area contributed by atoms with E-state index in [1.807, 2.05) is 0 Å². The third kappa shape index (κ3) is 5.69. The van der Waals surface area contributed by atoms with Crippen LogP contribution in [0.2, 0.25) is 0 Å². The van der Waals surface area contributed by atoms with Gasteiger partial charge in [0.15, 0.2) is 0 Å². The van der Waals surface area contributed by atoms with E-state index >= 15 is 0 Å². The van der Waals surface area contributed by atoms with Gasteiger partial charge >= 0.3 is 5.97 Å². The van der Waals surface area contributed by atoms with Crippen molar-refractivity contribution in [2.24, 2.45) is 0 Å². The zero-order chi connectivity index (χ0) is 23.2. The molecule has 0 N–H and O–H groups in total. The van der Waals surface area contributed by atoms with Crippen LogP contribution >= 0.6 is 0 Å². The Labute approximate surface area is 196 Å². The van der Waals surface area contributed by atoms with Crippen LogP contribution in [0, 0.1) is 13.8 Å². The van der Waals surface area contributed by atoms with E-state index in [9.17, 15) is 4.79 Å². The maximum absolute atomic E-state index is 10.9. The van der Waals surface area contributed by atoms with Crippen molar-refractivity contribution >= 4 is 23.0 Å². The standard InChI is InChI=1S/C30H29NO2/c1-22-4-14-28(15-5-22)31(29-16-6-23(2)7-17-29)30-18-12-27(13-19-30)26-10-8-25(9-11-26)20-21-33-24(3)32/h4-19H,20-21H2,1-3H3. The van der Waals surface area contributed by atoms with Gasteiger partial charge in [-0.05, 0) is 66.9 Å². The lowest BCUT2D eigenvalue weighted by Crippen LogP contribution is -2.09. The normalized spacial score (nSPS) is 10.6. The quantitative estimate of drug-likeness (QED) is 0.281. The molecule has 0 aliphatic heterocycles. The molecule has 0 amide bonds. The van der Waals surface area contributed by atoms with E-state index in [0.29, 0.717) is 6.61 Å². The lowest BCUT2D eigenvalue weighted by Gasteiger charge is -2.26. The Balaban J connectivity index is 1.58. The number of carbonyl (C=O) groups is 1. The fourth-order valence-electron chi connectivity index (χ4n) is 3.81. The predicted molar refractivity (Wildman–Crippen MR) is 136 cm³/mol. The first-order valence-corrected chi connectivity index (χ1v) is 11.3. The van der Waals surface area contributed by atoms with Gasteiger partial charge in [0.1, 0.15) is 0 Å². The van der Waals surface area contributed by atoms with Crippen LogP contribution in [-0.4, -0.2) is 12.6 Å². The highest BCUT2D eigenvalue weighted by Gasteiger charge is 2.12. The molecule has 0 fully saturated rings. The van der Waals surface area contributed by atoms with Crippen LogP contribution in [0.3, 0.4) is 0 Å². The van der Waals surface area contributed by atoms with Crippen LogP contribution in [0.15, 0.2) is 97.1 Å². The summed E-state index contributed by atoms with van der Waals surface area (Å²) < 4.78 is 5.04. The van der Waals surface area contributed by atoms with Crippen molar-refractivity contribution in [3.63, 3.8) is 0 Å². The largest absolute Gasteiger partial charge is 0.466 e. The molecule has 0 aromatic heterocycles. The summed E-state index contributed by atoms with van der Waals surface area (Å²) in [5, 5.41) is 0. The van der Waals surface area contributed by atoms with E-state index < -0.39 is 0 Å². The van der Waals surface area contributed by atoms with Gasteiger partial charge in [0, 0.05) is 30.4 Å². The molecule has 0 aliphatic rings. The summed E-state index contributed by atoms with van der Waals surface area (Å²) in [6.07, 6.45) is 0.723. The molecule has 0 saturated carbocycles. The molecule has 4 aromatic rings. The second kappa shape index (κ2) is 10.2. The second-order valence-electron chi connectivity index (χ2n) is 8.34. The first-order valence-electron chi connectivity index (χ1n) is 11.3. The van der Waals surface area contributed by atoms with Gasteiger partial charge < -0.3 is 9.64 Å². The van der Waals surface area contributed by atoms with Gasteiger partial charge in [-0.1, -0.05) is 71.8 Å². The van der Waals surface area contributed by atoms with Crippen molar-refractivity contribution < 1.29 is 9.53 Å². The summed E-state index contributed by atoms with van der Waals surface area (Å²) >= 11 is 0. The summed E-state index contributed by atoms with van der Waals surface area (Å²) in [6.45, 7) is 6.07. The summed E-state index contributed by atoms with van der Waals surface area (Å²) in [5.41, 5.74) is 9.35. The van der Waals surface area contributed by atoms with Gasteiger partial charge in [-0.15, -0.1) is 0 Å². The summed E-state index contributed by atoms with van der Waals surface area (Å²) in [5.74, 6) is -0.239.